The zero-order chi connectivity index (χ0) is 25.2. The number of aliphatic imine (C=N–C) groups is 1. The van der Waals surface area contributed by atoms with Crippen LogP contribution in [-0.4, -0.2) is 64.4 Å². The molecule has 1 amide bonds. The number of allylic oxidation sites excluding steroid dienone is 4. The summed E-state index contributed by atoms with van der Waals surface area (Å²) >= 11 is 0.0833. The Labute approximate surface area is 227 Å². The Balaban J connectivity index is 1.12. The van der Waals surface area contributed by atoms with Crippen LogP contribution in [0.2, 0.25) is 0 Å². The van der Waals surface area contributed by atoms with E-state index in [1.54, 1.807) is 3.51 Å². The van der Waals surface area contributed by atoms with E-state index < -0.39 is 0 Å². The van der Waals surface area contributed by atoms with Crippen molar-refractivity contribution in [1.82, 2.24) is 15.5 Å². The monoisotopic (exact) mass is 608 g/mol. The highest BCUT2D eigenvalue weighted by Crippen LogP contribution is 2.31. The number of halogens is 1. The predicted octanol–water partition coefficient (Wildman–Crippen LogP) is 4.94. The highest BCUT2D eigenvalue weighted by atomic mass is 127. The fraction of sp³-hybridized carbons (Fsp3) is 0.690. The molecule has 0 radical (unpaired) electrons. The summed E-state index contributed by atoms with van der Waals surface area (Å²) in [5.41, 5.74) is 1.23. The molecule has 0 aromatic heterocycles. The highest BCUT2D eigenvalue weighted by Gasteiger charge is 2.29. The minimum Gasteiger partial charge on any atom is -0.494 e. The summed E-state index contributed by atoms with van der Waals surface area (Å²) in [5, 5.41) is 6.67. The van der Waals surface area contributed by atoms with Crippen LogP contribution in [0.4, 0.5) is 0 Å². The molecule has 4 rings (SSSR count). The van der Waals surface area contributed by atoms with Gasteiger partial charge in [0, 0.05) is 50.4 Å². The molecule has 6 nitrogen and oxygen atoms in total. The molecule has 2 heterocycles. The predicted molar refractivity (Wildman–Crippen MR) is 159 cm³/mol. The van der Waals surface area contributed by atoms with E-state index in [1.165, 1.54) is 35.7 Å². The molecule has 2 aliphatic carbocycles. The van der Waals surface area contributed by atoms with E-state index in [0.29, 0.717) is 23.8 Å². The van der Waals surface area contributed by atoms with Gasteiger partial charge >= 0.3 is 0 Å². The quantitative estimate of drug-likeness (QED) is 0.198. The normalized spacial score (nSPS) is 26.6. The maximum Gasteiger partial charge on any atom is 0.223 e. The molecule has 1 saturated heterocycles. The molecule has 7 heteroatoms. The molecule has 2 fully saturated rings. The minimum absolute atomic E-state index is 0.0833. The van der Waals surface area contributed by atoms with E-state index >= 15 is 0 Å². The Morgan fingerprint density at radius 3 is 2.75 bits per heavy atom. The number of hydrogen-bond acceptors (Lipinski definition) is 5. The van der Waals surface area contributed by atoms with Gasteiger partial charge in [0.25, 0.3) is 0 Å². The number of alkyl halides is 1. The van der Waals surface area contributed by atoms with Crippen LogP contribution in [0.25, 0.3) is 0 Å². The van der Waals surface area contributed by atoms with Gasteiger partial charge in [0.2, 0.25) is 5.91 Å². The number of ether oxygens (including phenoxy) is 1. The molecule has 36 heavy (non-hydrogen) atoms. The number of carbonyl (C=O) groups excluding carboxylic acids is 1. The molecule has 2 unspecified atom stereocenters. The number of piperidine rings is 1. The van der Waals surface area contributed by atoms with Crippen LogP contribution in [0.15, 0.2) is 40.8 Å². The summed E-state index contributed by atoms with van der Waals surface area (Å²) in [5.74, 6) is 2.83. The molecule has 0 aromatic carbocycles. The number of likely N-dealkylation sites (tertiary alicyclic amines) is 1. The largest absolute Gasteiger partial charge is 0.494 e. The Kier molecular flexibility index (Phi) is 11.1. The second kappa shape index (κ2) is 14.5. The average molecular weight is 609 g/mol. The van der Waals surface area contributed by atoms with Gasteiger partial charge in [-0.2, -0.15) is 0 Å². The number of nitrogens with one attached hydrogen (secondary N) is 2. The molecule has 1 saturated carbocycles. The Bertz CT molecular complexity index is 882. The third kappa shape index (κ3) is 8.82. The lowest BCUT2D eigenvalue weighted by atomic mass is 9.90. The Morgan fingerprint density at radius 2 is 2.06 bits per heavy atom. The number of carbonyl (C=O) groups is 1. The van der Waals surface area contributed by atoms with Crippen LogP contribution >= 0.6 is 20.7 Å². The van der Waals surface area contributed by atoms with Gasteiger partial charge in [0.05, 0.1) is 13.3 Å². The van der Waals surface area contributed by atoms with Crippen molar-refractivity contribution < 1.29 is 9.53 Å². The van der Waals surface area contributed by atoms with Gasteiger partial charge in [-0.1, -0.05) is 13.0 Å². The van der Waals surface area contributed by atoms with Gasteiger partial charge < -0.3 is 15.4 Å². The van der Waals surface area contributed by atoms with Crippen molar-refractivity contribution in [3.05, 3.63) is 35.8 Å². The van der Waals surface area contributed by atoms with Gasteiger partial charge in [0.1, 0.15) is 5.76 Å². The first-order chi connectivity index (χ1) is 17.6. The van der Waals surface area contributed by atoms with E-state index in [9.17, 15) is 4.79 Å². The minimum atomic E-state index is 0.0833. The maximum atomic E-state index is 12.5. The molecule has 200 valence electrons. The second-order valence-electron chi connectivity index (χ2n) is 10.6. The zero-order valence-electron chi connectivity index (χ0n) is 22.2. The van der Waals surface area contributed by atoms with Gasteiger partial charge in [0.15, 0.2) is 0 Å². The lowest BCUT2D eigenvalue weighted by molar-refractivity contribution is -0.125. The smallest absolute Gasteiger partial charge is 0.223 e. The first kappa shape index (κ1) is 27.6. The summed E-state index contributed by atoms with van der Waals surface area (Å²) < 4.78 is 9.22. The fourth-order valence-electron chi connectivity index (χ4n) is 5.09. The first-order valence-corrected chi connectivity index (χ1v) is 16.6. The van der Waals surface area contributed by atoms with Crippen LogP contribution in [0.3, 0.4) is 0 Å². The topological polar surface area (TPSA) is 66.0 Å². The van der Waals surface area contributed by atoms with Gasteiger partial charge in [-0.3, -0.25) is 14.7 Å². The fourth-order valence-corrected chi connectivity index (χ4v) is 8.57. The van der Waals surface area contributed by atoms with Crippen molar-refractivity contribution >= 4 is 36.4 Å². The Morgan fingerprint density at radius 1 is 1.22 bits per heavy atom. The summed E-state index contributed by atoms with van der Waals surface area (Å²) in [7, 11) is 1.82. The van der Waals surface area contributed by atoms with Crippen LogP contribution in [0.1, 0.15) is 64.7 Å². The summed E-state index contributed by atoms with van der Waals surface area (Å²) in [6.45, 7) is 6.13. The SMILES string of the molecule is CCC(C=NC)=CNCN1CCC(COC2=CCC(C3=ICCC(C(=O)NC4CC4)CC3)C=C2)CC1. The van der Waals surface area contributed by atoms with Crippen molar-refractivity contribution in [2.24, 2.45) is 22.7 Å². The lowest BCUT2D eigenvalue weighted by Gasteiger charge is -2.32. The Hall–Kier alpha value is -1.48. The first-order valence-electron chi connectivity index (χ1n) is 14.0. The molecule has 0 spiro atoms. The zero-order valence-corrected chi connectivity index (χ0v) is 24.3. The molecular weight excluding hydrogens is 563 g/mol. The summed E-state index contributed by atoms with van der Waals surface area (Å²) in [4.78, 5) is 19.1. The third-order valence-corrected chi connectivity index (χ3v) is 11.2. The molecule has 2 atom stereocenters. The van der Waals surface area contributed by atoms with Crippen molar-refractivity contribution in [1.29, 1.82) is 0 Å². The van der Waals surface area contributed by atoms with Gasteiger partial charge in [-0.15, -0.1) is 20.7 Å². The molecule has 2 aliphatic heterocycles. The van der Waals surface area contributed by atoms with E-state index in [0.717, 1.165) is 64.2 Å². The van der Waals surface area contributed by atoms with Crippen LogP contribution in [0.5, 0.6) is 0 Å². The molecule has 2 N–H and O–H groups in total. The number of hydrogen-bond donors (Lipinski definition) is 2. The number of rotatable bonds is 11. The third-order valence-electron chi connectivity index (χ3n) is 7.72. The number of nitrogens with zero attached hydrogens (tertiary/aromatic N) is 2. The summed E-state index contributed by atoms with van der Waals surface area (Å²) in [6.07, 6.45) is 21.0. The number of amides is 1. The van der Waals surface area contributed by atoms with Crippen LogP contribution < -0.4 is 10.6 Å². The lowest BCUT2D eigenvalue weighted by Crippen LogP contribution is -2.39. The standard InChI is InChI=1S/C29H45IN4O2/c1-3-22(18-31-2)19-32-21-34-16-13-23(14-17-34)20-36-27-9-4-24(5-10-27)28-11-6-25(12-15-30-28)29(35)33-26-7-8-26/h4,9-10,18-19,23-26,32H,3,5-8,11-17,20-21H2,1-2H3,(H,33,35). The van der Waals surface area contributed by atoms with E-state index in [4.69, 9.17) is 4.74 Å². The summed E-state index contributed by atoms with van der Waals surface area (Å²) in [6, 6.07) is 0.482. The van der Waals surface area contributed by atoms with Crippen molar-refractivity contribution in [3.8, 4) is 0 Å². The van der Waals surface area contributed by atoms with Gasteiger partial charge in [-0.25, -0.2) is 0 Å². The second-order valence-corrected chi connectivity index (χ2v) is 13.8. The van der Waals surface area contributed by atoms with E-state index in [-0.39, 0.29) is 26.6 Å². The van der Waals surface area contributed by atoms with Gasteiger partial charge in [-0.05, 0) is 89.4 Å². The highest BCUT2D eigenvalue weighted by molar-refractivity contribution is 14.2. The molecule has 0 bridgehead atoms. The van der Waals surface area contributed by atoms with Crippen molar-refractivity contribution in [3.63, 3.8) is 0 Å². The molecular formula is C29H45IN4O2. The van der Waals surface area contributed by atoms with Crippen LogP contribution in [-0.2, 0) is 9.53 Å². The molecule has 4 aliphatic rings. The molecule has 0 aromatic rings. The average Bonchev–Trinajstić information content (AvgIpc) is 3.75. The van der Waals surface area contributed by atoms with Crippen molar-refractivity contribution in [2.45, 2.75) is 70.8 Å². The van der Waals surface area contributed by atoms with Crippen molar-refractivity contribution in [2.75, 3.05) is 37.8 Å². The maximum absolute atomic E-state index is 12.5. The van der Waals surface area contributed by atoms with Crippen LogP contribution in [0, 0.1) is 17.8 Å². The van der Waals surface area contributed by atoms with E-state index in [2.05, 4.69) is 51.9 Å². The van der Waals surface area contributed by atoms with E-state index in [1.807, 2.05) is 13.3 Å².